The highest BCUT2D eigenvalue weighted by Crippen LogP contribution is 2.28. The van der Waals surface area contributed by atoms with Gasteiger partial charge in [-0.05, 0) is 43.5 Å². The predicted octanol–water partition coefficient (Wildman–Crippen LogP) is 3.04. The summed E-state index contributed by atoms with van der Waals surface area (Å²) in [6, 6.07) is 12.5. The first-order valence-electron chi connectivity index (χ1n) is 6.89. The number of hydrogen-bond acceptors (Lipinski definition) is 3. The summed E-state index contributed by atoms with van der Waals surface area (Å²) < 4.78 is 5.62. The van der Waals surface area contributed by atoms with E-state index in [1.807, 2.05) is 19.1 Å². The van der Waals surface area contributed by atoms with Crippen molar-refractivity contribution in [1.82, 2.24) is 0 Å². The Hall–Kier alpha value is -1.74. The molecule has 1 atom stereocenters. The molecule has 0 saturated carbocycles. The van der Waals surface area contributed by atoms with E-state index in [-0.39, 0.29) is 6.04 Å². The van der Waals surface area contributed by atoms with Gasteiger partial charge in [0, 0.05) is 18.8 Å². The summed E-state index contributed by atoms with van der Waals surface area (Å²) in [5.74, 6) is 1.80. The fraction of sp³-hybridized carbons (Fsp3) is 0.375. The molecule has 19 heavy (non-hydrogen) atoms. The molecule has 0 aliphatic carbocycles. The van der Waals surface area contributed by atoms with Crippen molar-refractivity contribution in [3.8, 4) is 0 Å². The summed E-state index contributed by atoms with van der Waals surface area (Å²) in [6.07, 6.45) is 2.36. The number of para-hydroxylation sites is 1. The zero-order chi connectivity index (χ0) is 13.2. The summed E-state index contributed by atoms with van der Waals surface area (Å²) in [6.45, 7) is 3.83. The maximum Gasteiger partial charge on any atom is 0.122 e. The maximum absolute atomic E-state index is 6.26. The van der Waals surface area contributed by atoms with Gasteiger partial charge in [0.05, 0.1) is 6.04 Å². The number of benzene rings is 1. The molecule has 0 spiro atoms. The summed E-state index contributed by atoms with van der Waals surface area (Å²) in [5, 5.41) is 0. The number of furan rings is 1. The van der Waals surface area contributed by atoms with Crippen molar-refractivity contribution >= 4 is 5.69 Å². The Labute approximate surface area is 114 Å². The molecule has 1 aliphatic rings. The van der Waals surface area contributed by atoms with Gasteiger partial charge in [-0.2, -0.15) is 0 Å². The lowest BCUT2D eigenvalue weighted by Gasteiger charge is -2.32. The van der Waals surface area contributed by atoms with Crippen LogP contribution in [0, 0.1) is 6.92 Å². The molecule has 0 amide bonds. The maximum atomic E-state index is 6.26. The van der Waals surface area contributed by atoms with Crippen LogP contribution in [0.5, 0.6) is 0 Å². The first-order valence-corrected chi connectivity index (χ1v) is 6.89. The van der Waals surface area contributed by atoms with Gasteiger partial charge in [0.2, 0.25) is 0 Å². The van der Waals surface area contributed by atoms with Crippen LogP contribution < -0.4 is 10.6 Å². The molecule has 2 heterocycles. The van der Waals surface area contributed by atoms with Crippen molar-refractivity contribution in [2.75, 3.05) is 18.0 Å². The highest BCUT2D eigenvalue weighted by atomic mass is 16.3. The minimum atomic E-state index is -0.0696. The van der Waals surface area contributed by atoms with Gasteiger partial charge in [0.1, 0.15) is 11.5 Å². The van der Waals surface area contributed by atoms with Gasteiger partial charge in [-0.15, -0.1) is 0 Å². The molecule has 2 N–H and O–H groups in total. The number of hydrogen-bond donors (Lipinski definition) is 1. The van der Waals surface area contributed by atoms with Crippen molar-refractivity contribution in [2.45, 2.75) is 25.8 Å². The zero-order valence-corrected chi connectivity index (χ0v) is 11.3. The monoisotopic (exact) mass is 256 g/mol. The normalized spacial score (nSPS) is 16.2. The Morgan fingerprint density at radius 1 is 1.26 bits per heavy atom. The Morgan fingerprint density at radius 3 is 2.89 bits per heavy atom. The first kappa shape index (κ1) is 12.3. The van der Waals surface area contributed by atoms with Crippen LogP contribution in [0.3, 0.4) is 0 Å². The molecule has 3 rings (SSSR count). The Morgan fingerprint density at radius 2 is 2.11 bits per heavy atom. The summed E-state index contributed by atoms with van der Waals surface area (Å²) >= 11 is 0. The van der Waals surface area contributed by atoms with Crippen molar-refractivity contribution in [1.29, 1.82) is 0 Å². The average molecular weight is 256 g/mol. The second kappa shape index (κ2) is 5.10. The minimum Gasteiger partial charge on any atom is -0.465 e. The zero-order valence-electron chi connectivity index (χ0n) is 11.3. The number of nitrogens with zero attached hydrogens (tertiary/aromatic N) is 1. The number of anilines is 1. The van der Waals surface area contributed by atoms with Gasteiger partial charge in [-0.3, -0.25) is 0 Å². The van der Waals surface area contributed by atoms with Crippen LogP contribution in [0.4, 0.5) is 5.69 Å². The van der Waals surface area contributed by atoms with Crippen LogP contribution in [0.1, 0.15) is 29.5 Å². The highest BCUT2D eigenvalue weighted by Gasteiger charge is 2.20. The molecule has 1 aliphatic heterocycles. The van der Waals surface area contributed by atoms with Crippen LogP contribution in [0.15, 0.2) is 40.8 Å². The molecular weight excluding hydrogens is 236 g/mol. The van der Waals surface area contributed by atoms with E-state index in [1.54, 1.807) is 0 Å². The summed E-state index contributed by atoms with van der Waals surface area (Å²) in [4.78, 5) is 2.38. The third-order valence-corrected chi connectivity index (χ3v) is 3.75. The van der Waals surface area contributed by atoms with Crippen molar-refractivity contribution in [3.05, 3.63) is 53.5 Å². The highest BCUT2D eigenvalue weighted by molar-refractivity contribution is 5.55. The molecule has 1 aromatic carbocycles. The minimum absolute atomic E-state index is 0.0696. The third-order valence-electron chi connectivity index (χ3n) is 3.75. The van der Waals surface area contributed by atoms with Crippen LogP contribution in [0.25, 0.3) is 0 Å². The molecule has 3 heteroatoms. The largest absolute Gasteiger partial charge is 0.465 e. The smallest absolute Gasteiger partial charge is 0.122 e. The fourth-order valence-corrected chi connectivity index (χ4v) is 2.78. The Balaban J connectivity index is 1.77. The molecule has 0 bridgehead atoms. The van der Waals surface area contributed by atoms with Crippen molar-refractivity contribution in [2.24, 2.45) is 5.73 Å². The molecule has 1 unspecified atom stereocenters. The second-order valence-electron chi connectivity index (χ2n) is 5.23. The number of rotatable bonds is 3. The summed E-state index contributed by atoms with van der Waals surface area (Å²) in [5.41, 5.74) is 9.01. The van der Waals surface area contributed by atoms with E-state index in [1.165, 1.54) is 24.1 Å². The third kappa shape index (κ3) is 2.51. The summed E-state index contributed by atoms with van der Waals surface area (Å²) in [7, 11) is 0. The Kier molecular flexibility index (Phi) is 3.30. The Bertz CT molecular complexity index is 561. The number of nitrogens with two attached hydrogens (primary N) is 1. The van der Waals surface area contributed by atoms with Gasteiger partial charge >= 0.3 is 0 Å². The molecule has 3 nitrogen and oxygen atoms in total. The van der Waals surface area contributed by atoms with Crippen molar-refractivity contribution < 1.29 is 4.42 Å². The SMILES string of the molecule is Cc1ccc(C(N)CN2CCCc3ccccc32)o1. The predicted molar refractivity (Wildman–Crippen MR) is 77.3 cm³/mol. The van der Waals surface area contributed by atoms with E-state index >= 15 is 0 Å². The van der Waals surface area contributed by atoms with E-state index < -0.39 is 0 Å². The fourth-order valence-electron chi connectivity index (χ4n) is 2.78. The van der Waals surface area contributed by atoms with Crippen LogP contribution in [-0.2, 0) is 6.42 Å². The lowest BCUT2D eigenvalue weighted by Crippen LogP contribution is -2.35. The van der Waals surface area contributed by atoms with Gasteiger partial charge in [0.15, 0.2) is 0 Å². The van der Waals surface area contributed by atoms with E-state index in [4.69, 9.17) is 10.2 Å². The second-order valence-corrected chi connectivity index (χ2v) is 5.23. The topological polar surface area (TPSA) is 42.4 Å². The molecule has 0 fully saturated rings. The molecule has 1 aromatic heterocycles. The standard InChI is InChI=1S/C16H20N2O/c1-12-8-9-16(19-12)14(17)11-18-10-4-6-13-5-2-3-7-15(13)18/h2-3,5,7-9,14H,4,6,10-11,17H2,1H3. The van der Waals surface area contributed by atoms with E-state index in [9.17, 15) is 0 Å². The van der Waals surface area contributed by atoms with E-state index in [0.717, 1.165) is 24.6 Å². The van der Waals surface area contributed by atoms with E-state index in [2.05, 4.69) is 29.2 Å². The number of fused-ring (bicyclic) bond motifs is 1. The molecular formula is C16H20N2O. The van der Waals surface area contributed by atoms with Crippen LogP contribution in [-0.4, -0.2) is 13.1 Å². The van der Waals surface area contributed by atoms with Crippen molar-refractivity contribution in [3.63, 3.8) is 0 Å². The molecule has 0 saturated heterocycles. The molecule has 2 aromatic rings. The van der Waals surface area contributed by atoms with Crippen LogP contribution >= 0.6 is 0 Å². The first-order chi connectivity index (χ1) is 9.24. The van der Waals surface area contributed by atoms with Gasteiger partial charge in [-0.1, -0.05) is 18.2 Å². The van der Waals surface area contributed by atoms with Gasteiger partial charge < -0.3 is 15.1 Å². The van der Waals surface area contributed by atoms with Crippen LogP contribution in [0.2, 0.25) is 0 Å². The molecule has 0 radical (unpaired) electrons. The van der Waals surface area contributed by atoms with E-state index in [0.29, 0.717) is 0 Å². The lowest BCUT2D eigenvalue weighted by atomic mass is 10.0. The quantitative estimate of drug-likeness (QED) is 0.917. The molecule has 100 valence electrons. The average Bonchev–Trinajstić information content (AvgIpc) is 2.86. The van der Waals surface area contributed by atoms with Gasteiger partial charge in [0.25, 0.3) is 0 Å². The van der Waals surface area contributed by atoms with Gasteiger partial charge in [-0.25, -0.2) is 0 Å². The lowest BCUT2D eigenvalue weighted by molar-refractivity contribution is 0.442. The number of aryl methyl sites for hydroxylation is 2.